The molecule has 1 aliphatic carbocycles. The van der Waals surface area contributed by atoms with E-state index in [1.54, 1.807) is 11.6 Å². The van der Waals surface area contributed by atoms with Gasteiger partial charge >= 0.3 is 0 Å². The molecule has 0 bridgehead atoms. The second-order valence-corrected chi connectivity index (χ2v) is 5.02. The summed E-state index contributed by atoms with van der Waals surface area (Å²) in [5.41, 5.74) is 2.41. The van der Waals surface area contributed by atoms with Crippen LogP contribution in [0.2, 0.25) is 0 Å². The van der Waals surface area contributed by atoms with Gasteiger partial charge in [0.15, 0.2) is 11.5 Å². The Bertz CT molecular complexity index is 496. The molecule has 3 rings (SSSR count). The minimum absolute atomic E-state index is 0.236. The van der Waals surface area contributed by atoms with Crippen LogP contribution >= 0.6 is 0 Å². The van der Waals surface area contributed by atoms with E-state index in [4.69, 9.17) is 9.47 Å². The van der Waals surface area contributed by atoms with Gasteiger partial charge in [-0.3, -0.25) is 0 Å². The maximum atomic E-state index is 9.90. The first-order valence-corrected chi connectivity index (χ1v) is 6.83. The minimum atomic E-state index is 0.236. The summed E-state index contributed by atoms with van der Waals surface area (Å²) < 4.78 is 10.5. The number of benzene rings is 1. The Morgan fingerprint density at radius 2 is 2.05 bits per heavy atom. The highest BCUT2D eigenvalue weighted by atomic mass is 16.7. The average Bonchev–Trinajstić information content (AvgIpc) is 3.05. The molecule has 0 saturated heterocycles. The fraction of sp³-hybridized carbons (Fsp3) is 0.467. The van der Waals surface area contributed by atoms with E-state index in [9.17, 15) is 5.11 Å². The third-order valence-electron chi connectivity index (χ3n) is 3.65. The molecule has 0 radical (unpaired) electrons. The van der Waals surface area contributed by atoms with E-state index >= 15 is 0 Å². The molecule has 2 N–H and O–H groups in total. The number of rotatable bonds is 5. The third-order valence-corrected chi connectivity index (χ3v) is 3.65. The third kappa shape index (κ3) is 2.84. The second kappa shape index (κ2) is 5.53. The zero-order valence-corrected chi connectivity index (χ0v) is 10.9. The molecule has 0 unspecified atom stereocenters. The Balaban J connectivity index is 1.52. The van der Waals surface area contributed by atoms with Gasteiger partial charge in [0.25, 0.3) is 0 Å². The number of hydrogen-bond acceptors (Lipinski definition) is 4. The van der Waals surface area contributed by atoms with Crippen molar-refractivity contribution in [3.63, 3.8) is 0 Å². The Morgan fingerprint density at radius 3 is 2.84 bits per heavy atom. The van der Waals surface area contributed by atoms with Crippen molar-refractivity contribution in [3.05, 3.63) is 29.3 Å². The van der Waals surface area contributed by atoms with E-state index in [0.717, 1.165) is 18.5 Å². The van der Waals surface area contributed by atoms with Gasteiger partial charge in [0.05, 0.1) is 0 Å². The molecule has 2 aliphatic rings. The number of allylic oxidation sites excluding steroid dienone is 1. The maximum Gasteiger partial charge on any atom is 0.231 e. The van der Waals surface area contributed by atoms with Gasteiger partial charge in [-0.15, -0.1) is 0 Å². The first kappa shape index (κ1) is 12.4. The van der Waals surface area contributed by atoms with E-state index in [0.29, 0.717) is 18.0 Å². The monoisotopic (exact) mass is 261 g/mol. The molecule has 1 aromatic rings. The lowest BCUT2D eigenvalue weighted by atomic mass is 10.1. The predicted molar refractivity (Wildman–Crippen MR) is 72.5 cm³/mol. The van der Waals surface area contributed by atoms with Crippen molar-refractivity contribution < 1.29 is 14.6 Å². The molecule has 4 nitrogen and oxygen atoms in total. The number of fused-ring (bicyclic) bond motifs is 1. The van der Waals surface area contributed by atoms with E-state index in [1.165, 1.54) is 19.3 Å². The largest absolute Gasteiger partial charge is 0.507 e. The predicted octanol–water partition coefficient (Wildman–Crippen LogP) is 2.71. The summed E-state index contributed by atoms with van der Waals surface area (Å²) in [5.74, 6) is 1.60. The van der Waals surface area contributed by atoms with Gasteiger partial charge in [-0.2, -0.15) is 0 Å². The fourth-order valence-electron chi connectivity index (χ4n) is 2.55. The molecule has 0 aromatic heterocycles. The van der Waals surface area contributed by atoms with E-state index in [1.807, 2.05) is 6.07 Å². The van der Waals surface area contributed by atoms with E-state index in [2.05, 4.69) is 11.4 Å². The van der Waals surface area contributed by atoms with E-state index < -0.39 is 0 Å². The fourth-order valence-corrected chi connectivity index (χ4v) is 2.55. The summed E-state index contributed by atoms with van der Waals surface area (Å²) in [6, 6.07) is 3.47. The van der Waals surface area contributed by atoms with Crippen LogP contribution in [0.3, 0.4) is 0 Å². The molecular weight excluding hydrogens is 242 g/mol. The molecule has 0 spiro atoms. The number of nitrogens with one attached hydrogen (secondary N) is 1. The molecule has 1 aromatic carbocycles. The van der Waals surface area contributed by atoms with Crippen LogP contribution in [0.4, 0.5) is 0 Å². The van der Waals surface area contributed by atoms with E-state index in [-0.39, 0.29) is 12.5 Å². The number of ether oxygens (including phenoxy) is 2. The molecule has 4 heteroatoms. The van der Waals surface area contributed by atoms with Gasteiger partial charge in [-0.1, -0.05) is 11.6 Å². The van der Waals surface area contributed by atoms with Crippen molar-refractivity contribution in [1.29, 1.82) is 0 Å². The SMILES string of the molecule is Oc1cc2c(cc1CNCCC1=CCCC1)OCO2. The topological polar surface area (TPSA) is 50.7 Å². The van der Waals surface area contributed by atoms with Crippen LogP contribution < -0.4 is 14.8 Å². The standard InChI is InChI=1S/C15H19NO3/c17-13-8-15-14(18-10-19-15)7-12(13)9-16-6-5-11-3-1-2-4-11/h3,7-8,16-17H,1-2,4-6,9-10H2. The van der Waals surface area contributed by atoms with Crippen LogP contribution in [0.25, 0.3) is 0 Å². The molecule has 0 amide bonds. The summed E-state index contributed by atoms with van der Waals surface area (Å²) in [6.45, 7) is 1.83. The van der Waals surface area contributed by atoms with Crippen molar-refractivity contribution in [3.8, 4) is 17.2 Å². The van der Waals surface area contributed by atoms with Gasteiger partial charge in [0, 0.05) is 18.2 Å². The van der Waals surface area contributed by atoms with Gasteiger partial charge in [-0.05, 0) is 38.3 Å². The highest BCUT2D eigenvalue weighted by Crippen LogP contribution is 2.37. The molecule has 1 heterocycles. The summed E-state index contributed by atoms with van der Waals surface area (Å²) in [6.07, 6.45) is 7.23. The lowest BCUT2D eigenvalue weighted by Crippen LogP contribution is -2.15. The highest BCUT2D eigenvalue weighted by molar-refractivity contribution is 5.51. The van der Waals surface area contributed by atoms with Gasteiger partial charge in [-0.25, -0.2) is 0 Å². The number of hydrogen-bond donors (Lipinski definition) is 2. The highest BCUT2D eigenvalue weighted by Gasteiger charge is 2.16. The summed E-state index contributed by atoms with van der Waals surface area (Å²) >= 11 is 0. The number of aromatic hydroxyl groups is 1. The Morgan fingerprint density at radius 1 is 1.21 bits per heavy atom. The van der Waals surface area contributed by atoms with Gasteiger partial charge < -0.3 is 19.9 Å². The van der Waals surface area contributed by atoms with Crippen LogP contribution in [-0.4, -0.2) is 18.4 Å². The Hall–Kier alpha value is -1.68. The second-order valence-electron chi connectivity index (χ2n) is 5.02. The lowest BCUT2D eigenvalue weighted by Gasteiger charge is -2.08. The minimum Gasteiger partial charge on any atom is -0.507 e. The van der Waals surface area contributed by atoms with Crippen molar-refractivity contribution in [1.82, 2.24) is 5.32 Å². The van der Waals surface area contributed by atoms with Crippen LogP contribution in [0, 0.1) is 0 Å². The Labute approximate surface area is 113 Å². The van der Waals surface area contributed by atoms with Crippen molar-refractivity contribution in [2.45, 2.75) is 32.2 Å². The van der Waals surface area contributed by atoms with Crippen LogP contribution in [0.1, 0.15) is 31.2 Å². The molecule has 0 fully saturated rings. The zero-order valence-electron chi connectivity index (χ0n) is 10.9. The maximum absolute atomic E-state index is 9.90. The summed E-state index contributed by atoms with van der Waals surface area (Å²) in [4.78, 5) is 0. The summed E-state index contributed by atoms with van der Waals surface area (Å²) in [5, 5.41) is 13.3. The number of phenolic OH excluding ortho intramolecular Hbond substituents is 1. The smallest absolute Gasteiger partial charge is 0.231 e. The van der Waals surface area contributed by atoms with Gasteiger partial charge in [0.2, 0.25) is 6.79 Å². The first-order chi connectivity index (χ1) is 9.33. The van der Waals surface area contributed by atoms with Crippen LogP contribution in [0.5, 0.6) is 17.2 Å². The molecule has 0 atom stereocenters. The quantitative estimate of drug-likeness (QED) is 0.632. The molecule has 1 aliphatic heterocycles. The Kier molecular flexibility index (Phi) is 3.60. The van der Waals surface area contributed by atoms with Crippen molar-refractivity contribution >= 4 is 0 Å². The first-order valence-electron chi connectivity index (χ1n) is 6.83. The zero-order chi connectivity index (χ0) is 13.1. The van der Waals surface area contributed by atoms with Crippen molar-refractivity contribution in [2.75, 3.05) is 13.3 Å². The number of phenols is 1. The van der Waals surface area contributed by atoms with Crippen molar-refractivity contribution in [2.24, 2.45) is 0 Å². The van der Waals surface area contributed by atoms with Gasteiger partial charge in [0.1, 0.15) is 5.75 Å². The lowest BCUT2D eigenvalue weighted by molar-refractivity contribution is 0.174. The molecular formula is C15H19NO3. The molecule has 19 heavy (non-hydrogen) atoms. The molecule has 102 valence electrons. The molecule has 0 saturated carbocycles. The average molecular weight is 261 g/mol. The normalized spacial score (nSPS) is 16.7. The van der Waals surface area contributed by atoms with Crippen LogP contribution in [-0.2, 0) is 6.54 Å². The van der Waals surface area contributed by atoms with Crippen LogP contribution in [0.15, 0.2) is 23.8 Å². The summed E-state index contributed by atoms with van der Waals surface area (Å²) in [7, 11) is 0.